The van der Waals surface area contributed by atoms with Gasteiger partial charge in [0.05, 0.1) is 26.2 Å². The molecule has 0 heterocycles. The van der Waals surface area contributed by atoms with Gasteiger partial charge in [-0.3, -0.25) is 28.8 Å². The van der Waals surface area contributed by atoms with Crippen molar-refractivity contribution in [2.75, 3.05) is 50.2 Å². The first-order valence-electron chi connectivity index (χ1n) is 10.1. The lowest BCUT2D eigenvalue weighted by Crippen LogP contribution is -2.30. The van der Waals surface area contributed by atoms with E-state index in [2.05, 4.69) is 22.9 Å². The van der Waals surface area contributed by atoms with E-state index in [9.17, 15) is 28.8 Å². The third-order valence-electron chi connectivity index (χ3n) is 2.60. The molecule has 38 heavy (non-hydrogen) atoms. The molecule has 0 saturated heterocycles. The Bertz CT molecular complexity index is 553. The van der Waals surface area contributed by atoms with Crippen molar-refractivity contribution in [2.24, 2.45) is 34.4 Å². The zero-order valence-electron chi connectivity index (χ0n) is 21.2. The summed E-state index contributed by atoms with van der Waals surface area (Å²) in [5.74, 6) is -4.07. The third-order valence-corrected chi connectivity index (χ3v) is 3.89. The SMILES string of the molecule is CSCCC(N)C(=O)O.CSCCC(N)C(=O)O.NCC(=O)O.NCC(=O)O.NCC(=O)O.NCC(=O)O. The van der Waals surface area contributed by atoms with Crippen LogP contribution < -0.4 is 34.4 Å². The lowest BCUT2D eigenvalue weighted by Gasteiger charge is -2.02. The van der Waals surface area contributed by atoms with E-state index in [1.165, 1.54) is 0 Å². The molecule has 0 aromatic rings. The van der Waals surface area contributed by atoms with Crippen molar-refractivity contribution < 1.29 is 59.4 Å². The molecule has 0 aliphatic heterocycles. The maximum atomic E-state index is 10.1. The number of rotatable bonds is 12. The highest BCUT2D eigenvalue weighted by Gasteiger charge is 2.09. The molecule has 0 aliphatic rings. The van der Waals surface area contributed by atoms with Gasteiger partial charge in [-0.05, 0) is 36.9 Å². The fourth-order valence-corrected chi connectivity index (χ4v) is 1.72. The van der Waals surface area contributed by atoms with E-state index in [1.54, 1.807) is 23.5 Å². The fourth-order valence-electron chi connectivity index (χ4n) is 0.737. The standard InChI is InChI=1S/2C5H11NO2S.4C2H5NO2/c2*1-9-3-2-4(6)5(7)8;4*3-1-2(4)5/h2*4H,2-3,6H2,1H3,(H,7,8);4*1,3H2,(H,4,5). The highest BCUT2D eigenvalue weighted by Crippen LogP contribution is 1.98. The number of hydrogen-bond acceptors (Lipinski definition) is 14. The second-order valence-electron chi connectivity index (χ2n) is 5.84. The predicted molar refractivity (Wildman–Crippen MR) is 144 cm³/mol. The van der Waals surface area contributed by atoms with Crippen molar-refractivity contribution in [2.45, 2.75) is 24.9 Å². The first kappa shape index (κ1) is 48.4. The molecule has 20 heteroatoms. The van der Waals surface area contributed by atoms with Crippen LogP contribution in [0.3, 0.4) is 0 Å². The largest absolute Gasteiger partial charge is 0.480 e. The van der Waals surface area contributed by atoms with Gasteiger partial charge in [0.15, 0.2) is 0 Å². The second-order valence-corrected chi connectivity index (χ2v) is 7.82. The highest BCUT2D eigenvalue weighted by atomic mass is 32.2. The number of aliphatic carboxylic acids is 6. The van der Waals surface area contributed by atoms with Crippen LogP contribution in [0.25, 0.3) is 0 Å². The van der Waals surface area contributed by atoms with Gasteiger partial charge in [0.2, 0.25) is 0 Å². The quantitative estimate of drug-likeness (QED) is 0.103. The average molecular weight is 599 g/mol. The number of hydrogen-bond donors (Lipinski definition) is 12. The minimum absolute atomic E-state index is 0.278. The molecule has 0 saturated carbocycles. The summed E-state index contributed by atoms with van der Waals surface area (Å²) in [6.45, 7) is -1.11. The number of carboxylic acid groups (broad SMARTS) is 6. The summed E-state index contributed by atoms with van der Waals surface area (Å²) in [7, 11) is 0. The Morgan fingerprint density at radius 2 is 0.684 bits per heavy atom. The summed E-state index contributed by atoms with van der Waals surface area (Å²) < 4.78 is 0. The molecule has 18 nitrogen and oxygen atoms in total. The van der Waals surface area contributed by atoms with Crippen molar-refractivity contribution in [3.8, 4) is 0 Å². The van der Waals surface area contributed by atoms with Crippen molar-refractivity contribution >= 4 is 59.3 Å². The summed E-state index contributed by atoms with van der Waals surface area (Å²) in [5.41, 5.74) is 28.7. The summed E-state index contributed by atoms with van der Waals surface area (Å²) in [5, 5.41) is 46.9. The van der Waals surface area contributed by atoms with Gasteiger partial charge in [-0.1, -0.05) is 0 Å². The molecule has 0 spiro atoms. The van der Waals surface area contributed by atoms with Crippen molar-refractivity contribution in [1.82, 2.24) is 0 Å². The van der Waals surface area contributed by atoms with Gasteiger partial charge in [-0.25, -0.2) is 0 Å². The van der Waals surface area contributed by atoms with Crippen LogP contribution in [-0.2, 0) is 28.8 Å². The Morgan fingerprint density at radius 3 is 0.763 bits per heavy atom. The van der Waals surface area contributed by atoms with E-state index in [4.69, 9.17) is 42.1 Å². The predicted octanol–water partition coefficient (Wildman–Crippen LogP) is -3.58. The number of nitrogens with two attached hydrogens (primary N) is 6. The molecule has 2 unspecified atom stereocenters. The van der Waals surface area contributed by atoms with E-state index in [1.807, 2.05) is 12.5 Å². The third kappa shape index (κ3) is 76.6. The van der Waals surface area contributed by atoms with Gasteiger partial charge in [0.25, 0.3) is 0 Å². The monoisotopic (exact) mass is 598 g/mol. The topological polar surface area (TPSA) is 380 Å². The van der Waals surface area contributed by atoms with Crippen molar-refractivity contribution in [3.05, 3.63) is 0 Å². The van der Waals surface area contributed by atoms with E-state index in [0.29, 0.717) is 12.8 Å². The molecule has 228 valence electrons. The summed E-state index contributed by atoms with van der Waals surface area (Å²) in [4.78, 5) is 57.1. The van der Waals surface area contributed by atoms with Gasteiger partial charge in [-0.2, -0.15) is 23.5 Å². The zero-order chi connectivity index (χ0) is 31.7. The van der Waals surface area contributed by atoms with Gasteiger partial charge in [-0.15, -0.1) is 0 Å². The normalized spacial score (nSPS) is 10.1. The Morgan fingerprint density at radius 1 is 0.526 bits per heavy atom. The van der Waals surface area contributed by atoms with Gasteiger partial charge < -0.3 is 65.0 Å². The van der Waals surface area contributed by atoms with Gasteiger partial charge in [0, 0.05) is 0 Å². The molecule has 0 rings (SSSR count). The summed E-state index contributed by atoms with van der Waals surface area (Å²) >= 11 is 3.21. The molecule has 0 radical (unpaired) electrons. The number of carbonyl (C=O) groups is 6. The number of carboxylic acids is 6. The Hall–Kier alpha value is -2.72. The van der Waals surface area contributed by atoms with Gasteiger partial charge in [0.1, 0.15) is 12.1 Å². The fraction of sp³-hybridized carbons (Fsp3) is 0.667. The molecule has 0 aromatic heterocycles. The molecule has 0 amide bonds. The Kier molecular flexibility index (Phi) is 49.4. The van der Waals surface area contributed by atoms with Crippen LogP contribution in [0, 0.1) is 0 Å². The molecule has 0 aromatic carbocycles. The molecular formula is C18H42N6O12S2. The average Bonchev–Trinajstić information content (AvgIpc) is 2.87. The molecular weight excluding hydrogens is 556 g/mol. The van der Waals surface area contributed by atoms with Crippen LogP contribution in [-0.4, -0.2) is 129 Å². The number of thioether (sulfide) groups is 2. The maximum absolute atomic E-state index is 10.1. The van der Waals surface area contributed by atoms with Crippen LogP contribution in [0.15, 0.2) is 0 Å². The van der Waals surface area contributed by atoms with Crippen molar-refractivity contribution in [1.29, 1.82) is 0 Å². The molecule has 18 N–H and O–H groups in total. The van der Waals surface area contributed by atoms with E-state index >= 15 is 0 Å². The van der Waals surface area contributed by atoms with Gasteiger partial charge >= 0.3 is 35.8 Å². The molecule has 0 fully saturated rings. The minimum atomic E-state index is -0.968. The Balaban J connectivity index is -0.0000000829. The van der Waals surface area contributed by atoms with Crippen molar-refractivity contribution in [3.63, 3.8) is 0 Å². The Labute approximate surface area is 228 Å². The summed E-state index contributed by atoms with van der Waals surface area (Å²) in [6.07, 6.45) is 4.95. The lowest BCUT2D eigenvalue weighted by molar-refractivity contribution is -0.139. The van der Waals surface area contributed by atoms with Crippen LogP contribution in [0.4, 0.5) is 0 Å². The smallest absolute Gasteiger partial charge is 0.320 e. The molecule has 0 aliphatic carbocycles. The van der Waals surface area contributed by atoms with Crippen LogP contribution >= 0.6 is 23.5 Å². The lowest BCUT2D eigenvalue weighted by atomic mass is 10.2. The molecule has 2 atom stereocenters. The van der Waals surface area contributed by atoms with Crippen LogP contribution in [0.1, 0.15) is 12.8 Å². The first-order chi connectivity index (χ1) is 17.4. The highest BCUT2D eigenvalue weighted by molar-refractivity contribution is 7.98. The van der Waals surface area contributed by atoms with E-state index in [-0.39, 0.29) is 26.2 Å². The van der Waals surface area contributed by atoms with E-state index in [0.717, 1.165) is 11.5 Å². The minimum Gasteiger partial charge on any atom is -0.480 e. The maximum Gasteiger partial charge on any atom is 0.320 e. The molecule has 0 bridgehead atoms. The zero-order valence-corrected chi connectivity index (χ0v) is 22.9. The second kappa shape index (κ2) is 38.8. The van der Waals surface area contributed by atoms with Crippen LogP contribution in [0.2, 0.25) is 0 Å². The van der Waals surface area contributed by atoms with Crippen LogP contribution in [0.5, 0.6) is 0 Å². The summed E-state index contributed by atoms with van der Waals surface area (Å²) in [6, 6.07) is -1.37. The van der Waals surface area contributed by atoms with E-state index < -0.39 is 47.9 Å². The first-order valence-corrected chi connectivity index (χ1v) is 12.9.